The molecule has 1 heterocycles. The van der Waals surface area contributed by atoms with Crippen molar-refractivity contribution in [3.05, 3.63) is 29.3 Å². The van der Waals surface area contributed by atoms with Crippen LogP contribution in [0.4, 0.5) is 0 Å². The molecule has 22 heavy (non-hydrogen) atoms. The van der Waals surface area contributed by atoms with E-state index in [4.69, 9.17) is 21.1 Å². The van der Waals surface area contributed by atoms with Crippen molar-refractivity contribution < 1.29 is 14.3 Å². The van der Waals surface area contributed by atoms with Crippen LogP contribution in [0.1, 0.15) is 19.8 Å². The highest BCUT2D eigenvalue weighted by molar-refractivity contribution is 6.32. The Kier molecular flexibility index (Phi) is 4.89. The summed E-state index contributed by atoms with van der Waals surface area (Å²) in [4.78, 5) is 14.0. The molecule has 1 aromatic carbocycles. The van der Waals surface area contributed by atoms with Crippen molar-refractivity contribution in [2.75, 3.05) is 26.3 Å². The second-order valence-corrected chi connectivity index (χ2v) is 6.43. The Labute approximate surface area is 136 Å². The van der Waals surface area contributed by atoms with Gasteiger partial charge in [0.25, 0.3) is 0 Å². The number of likely N-dealkylation sites (tertiary alicyclic amines) is 1. The Morgan fingerprint density at radius 1 is 1.32 bits per heavy atom. The van der Waals surface area contributed by atoms with E-state index in [1.807, 2.05) is 36.1 Å². The maximum atomic E-state index is 12.1. The van der Waals surface area contributed by atoms with Gasteiger partial charge in [0.15, 0.2) is 0 Å². The van der Waals surface area contributed by atoms with E-state index >= 15 is 0 Å². The normalized spacial score (nSPS) is 27.0. The van der Waals surface area contributed by atoms with Gasteiger partial charge in [0.2, 0.25) is 5.91 Å². The fraction of sp³-hybridized carbons (Fsp3) is 0.588. The van der Waals surface area contributed by atoms with Crippen molar-refractivity contribution in [2.24, 2.45) is 11.8 Å². The Balaban J connectivity index is 1.61. The van der Waals surface area contributed by atoms with Crippen LogP contribution < -0.4 is 4.74 Å². The molecular formula is C17H22ClNO3. The lowest BCUT2D eigenvalue weighted by Gasteiger charge is -2.22. The number of benzene rings is 1. The first-order valence-corrected chi connectivity index (χ1v) is 8.33. The van der Waals surface area contributed by atoms with Gasteiger partial charge in [-0.15, -0.1) is 0 Å². The summed E-state index contributed by atoms with van der Waals surface area (Å²) in [5.41, 5.74) is 0. The molecule has 120 valence electrons. The summed E-state index contributed by atoms with van der Waals surface area (Å²) in [6, 6.07) is 7.58. The second kappa shape index (κ2) is 6.88. The molecule has 1 saturated carbocycles. The van der Waals surface area contributed by atoms with E-state index < -0.39 is 0 Å². The molecule has 2 fully saturated rings. The van der Waals surface area contributed by atoms with E-state index in [0.717, 1.165) is 31.7 Å². The first-order valence-electron chi connectivity index (χ1n) is 7.95. The Morgan fingerprint density at radius 3 is 2.91 bits per heavy atom. The summed E-state index contributed by atoms with van der Waals surface area (Å²) in [6.07, 6.45) is 2.29. The van der Waals surface area contributed by atoms with E-state index in [-0.39, 0.29) is 18.6 Å². The molecule has 0 aromatic heterocycles. The number of hydrogen-bond acceptors (Lipinski definition) is 3. The molecule has 0 bridgehead atoms. The van der Waals surface area contributed by atoms with Gasteiger partial charge >= 0.3 is 0 Å². The lowest BCUT2D eigenvalue weighted by molar-refractivity contribution is -0.135. The number of ether oxygens (including phenoxy) is 2. The van der Waals surface area contributed by atoms with Crippen LogP contribution in [0.15, 0.2) is 24.3 Å². The number of carbonyl (C=O) groups excluding carboxylic acids is 1. The van der Waals surface area contributed by atoms with Crippen LogP contribution in [0.2, 0.25) is 5.02 Å². The Bertz CT molecular complexity index is 536. The molecule has 2 aliphatic rings. The maximum absolute atomic E-state index is 12.1. The van der Waals surface area contributed by atoms with Gasteiger partial charge in [-0.3, -0.25) is 4.79 Å². The zero-order valence-corrected chi connectivity index (χ0v) is 13.6. The van der Waals surface area contributed by atoms with Gasteiger partial charge in [-0.1, -0.05) is 23.7 Å². The highest BCUT2D eigenvalue weighted by Gasteiger charge is 2.45. The zero-order chi connectivity index (χ0) is 15.5. The third-order valence-electron chi connectivity index (χ3n) is 4.69. The van der Waals surface area contributed by atoms with E-state index in [2.05, 4.69) is 0 Å². The van der Waals surface area contributed by atoms with Crippen LogP contribution in [0.3, 0.4) is 0 Å². The van der Waals surface area contributed by atoms with E-state index in [9.17, 15) is 4.79 Å². The van der Waals surface area contributed by atoms with Crippen LogP contribution in [-0.2, 0) is 9.53 Å². The van der Waals surface area contributed by atoms with Crippen molar-refractivity contribution in [3.8, 4) is 5.75 Å². The smallest absolute Gasteiger partial charge is 0.248 e. The number of halogens is 1. The van der Waals surface area contributed by atoms with Gasteiger partial charge in [0.05, 0.1) is 5.02 Å². The molecule has 1 saturated heterocycles. The number of amides is 1. The highest BCUT2D eigenvalue weighted by Crippen LogP contribution is 2.41. The molecule has 5 heteroatoms. The third kappa shape index (κ3) is 3.23. The predicted octanol–water partition coefficient (Wildman–Crippen LogP) is 2.99. The van der Waals surface area contributed by atoms with E-state index in [1.165, 1.54) is 0 Å². The van der Waals surface area contributed by atoms with Gasteiger partial charge in [-0.05, 0) is 37.8 Å². The number of hydrogen-bond donors (Lipinski definition) is 0. The van der Waals surface area contributed by atoms with Crippen LogP contribution in [0.5, 0.6) is 5.75 Å². The van der Waals surface area contributed by atoms with Gasteiger partial charge in [-0.2, -0.15) is 0 Å². The van der Waals surface area contributed by atoms with Crippen LogP contribution in [-0.4, -0.2) is 43.2 Å². The molecule has 0 N–H and O–H groups in total. The topological polar surface area (TPSA) is 38.8 Å². The van der Waals surface area contributed by atoms with Crippen molar-refractivity contribution in [1.29, 1.82) is 0 Å². The van der Waals surface area contributed by atoms with E-state index in [1.54, 1.807) is 0 Å². The maximum Gasteiger partial charge on any atom is 0.248 e. The fourth-order valence-electron chi connectivity index (χ4n) is 3.55. The molecule has 1 aromatic rings. The fourth-order valence-corrected chi connectivity index (χ4v) is 3.73. The minimum atomic E-state index is 0.0905. The standard InChI is InChI=1S/C17H22ClNO3/c1-2-21-11-17(20)19-9-12-7-8-15(13(12)10-19)22-16-6-4-3-5-14(16)18/h3-6,12-13,15H,2,7-11H2,1H3/t12-,13+,15-/m0/s1. The van der Waals surface area contributed by atoms with Gasteiger partial charge in [-0.25, -0.2) is 0 Å². The lowest BCUT2D eigenvalue weighted by Crippen LogP contribution is -2.34. The minimum absolute atomic E-state index is 0.0905. The second-order valence-electron chi connectivity index (χ2n) is 6.02. The summed E-state index contributed by atoms with van der Waals surface area (Å²) in [5.74, 6) is 1.78. The molecule has 1 aliphatic heterocycles. The number of para-hydroxylation sites is 1. The monoisotopic (exact) mass is 323 g/mol. The number of fused-ring (bicyclic) bond motifs is 1. The SMILES string of the molecule is CCOCC(=O)N1C[C@@H]2CC[C@H](Oc3ccccc3Cl)[C@@H]2C1. The summed E-state index contributed by atoms with van der Waals surface area (Å²) in [7, 11) is 0. The van der Waals surface area contributed by atoms with Crippen molar-refractivity contribution in [1.82, 2.24) is 4.90 Å². The van der Waals surface area contributed by atoms with Gasteiger partial charge in [0.1, 0.15) is 18.5 Å². The van der Waals surface area contributed by atoms with Crippen LogP contribution >= 0.6 is 11.6 Å². The molecule has 4 nitrogen and oxygen atoms in total. The number of rotatable bonds is 5. The predicted molar refractivity (Wildman–Crippen MR) is 85.2 cm³/mol. The molecule has 3 rings (SSSR count). The zero-order valence-electron chi connectivity index (χ0n) is 12.8. The van der Waals surface area contributed by atoms with Crippen molar-refractivity contribution >= 4 is 17.5 Å². The van der Waals surface area contributed by atoms with Crippen molar-refractivity contribution in [3.63, 3.8) is 0 Å². The third-order valence-corrected chi connectivity index (χ3v) is 5.00. The summed E-state index contributed by atoms with van der Waals surface area (Å²) in [5, 5.41) is 0.647. The van der Waals surface area contributed by atoms with E-state index in [0.29, 0.717) is 23.5 Å². The summed E-state index contributed by atoms with van der Waals surface area (Å²) < 4.78 is 11.4. The summed E-state index contributed by atoms with van der Waals surface area (Å²) >= 11 is 6.18. The minimum Gasteiger partial charge on any atom is -0.489 e. The first-order chi connectivity index (χ1) is 10.7. The quantitative estimate of drug-likeness (QED) is 0.836. The Hall–Kier alpha value is -1.26. The van der Waals surface area contributed by atoms with Crippen LogP contribution in [0, 0.1) is 11.8 Å². The number of carbonyl (C=O) groups is 1. The molecule has 1 aliphatic carbocycles. The van der Waals surface area contributed by atoms with Crippen LogP contribution in [0.25, 0.3) is 0 Å². The molecule has 0 radical (unpaired) electrons. The summed E-state index contributed by atoms with van der Waals surface area (Å²) in [6.45, 7) is 4.26. The van der Waals surface area contributed by atoms with Gasteiger partial charge in [0, 0.05) is 25.6 Å². The molecule has 0 unspecified atom stereocenters. The van der Waals surface area contributed by atoms with Crippen molar-refractivity contribution in [2.45, 2.75) is 25.9 Å². The first kappa shape index (κ1) is 15.6. The highest BCUT2D eigenvalue weighted by atomic mass is 35.5. The Morgan fingerprint density at radius 2 is 2.14 bits per heavy atom. The molecule has 3 atom stereocenters. The van der Waals surface area contributed by atoms with Gasteiger partial charge < -0.3 is 14.4 Å². The lowest BCUT2D eigenvalue weighted by atomic mass is 9.99. The molecular weight excluding hydrogens is 302 g/mol. The largest absolute Gasteiger partial charge is 0.489 e. The average molecular weight is 324 g/mol. The number of nitrogens with zero attached hydrogens (tertiary/aromatic N) is 1. The molecule has 0 spiro atoms. The molecule has 1 amide bonds. The average Bonchev–Trinajstić information content (AvgIpc) is 3.09.